The van der Waals surface area contributed by atoms with E-state index in [1.54, 1.807) is 13.1 Å². The molecule has 7 nitrogen and oxygen atoms in total. The zero-order valence-electron chi connectivity index (χ0n) is 14.0. The minimum atomic E-state index is -0.474. The van der Waals surface area contributed by atoms with Gasteiger partial charge in [0.25, 0.3) is 5.91 Å². The average molecular weight is 319 g/mol. The Kier molecular flexibility index (Phi) is 4.04. The summed E-state index contributed by atoms with van der Waals surface area (Å²) in [5.74, 6) is 1.71. The molecule has 0 spiro atoms. The van der Waals surface area contributed by atoms with Crippen LogP contribution in [0.3, 0.4) is 0 Å². The van der Waals surface area contributed by atoms with E-state index >= 15 is 0 Å². The Labute approximate surface area is 137 Å². The molecular weight excluding hydrogens is 294 g/mol. The molecule has 23 heavy (non-hydrogen) atoms. The molecule has 0 aromatic rings. The molecule has 7 heteroatoms. The van der Waals surface area contributed by atoms with Crippen LogP contribution in [0.25, 0.3) is 0 Å². The van der Waals surface area contributed by atoms with E-state index in [-0.39, 0.29) is 11.9 Å². The lowest BCUT2D eigenvalue weighted by Crippen LogP contribution is -2.64. The molecule has 1 N–H and O–H groups in total. The van der Waals surface area contributed by atoms with Crippen LogP contribution in [-0.2, 0) is 4.79 Å². The second-order valence-electron chi connectivity index (χ2n) is 6.98. The van der Waals surface area contributed by atoms with Crippen molar-refractivity contribution in [2.45, 2.75) is 32.5 Å². The first-order chi connectivity index (χ1) is 10.9. The maximum Gasteiger partial charge on any atom is 0.325 e. The Bertz CT molecular complexity index is 551. The summed E-state index contributed by atoms with van der Waals surface area (Å²) in [6.07, 6.45) is 2.52. The number of amides is 3. The predicted octanol–water partition coefficient (Wildman–Crippen LogP) is 0.698. The van der Waals surface area contributed by atoms with Gasteiger partial charge in [-0.25, -0.2) is 9.79 Å². The van der Waals surface area contributed by atoms with Crippen molar-refractivity contribution in [3.05, 3.63) is 12.7 Å². The van der Waals surface area contributed by atoms with Gasteiger partial charge in [-0.2, -0.15) is 0 Å². The molecule has 0 bridgehead atoms. The highest BCUT2D eigenvalue weighted by atomic mass is 16.2. The molecule has 3 amide bonds. The van der Waals surface area contributed by atoms with Gasteiger partial charge in [0.2, 0.25) is 0 Å². The third kappa shape index (κ3) is 2.68. The lowest BCUT2D eigenvalue weighted by atomic mass is 9.92. The van der Waals surface area contributed by atoms with Crippen LogP contribution in [-0.4, -0.2) is 71.5 Å². The standard InChI is InChI=1S/C16H25N5O2/c1-5-6-21-12-13(19(4)16(23)18-14(12)22)17-15(21)20-8-10(2)7-11(3)9-20/h5,10-13H,1,6-9H2,2-4H3,(H,18,22,23). The Morgan fingerprint density at radius 1 is 1.30 bits per heavy atom. The molecule has 4 unspecified atom stereocenters. The third-order valence-corrected chi connectivity index (χ3v) is 4.82. The Morgan fingerprint density at radius 2 is 1.96 bits per heavy atom. The predicted molar refractivity (Wildman–Crippen MR) is 87.7 cm³/mol. The van der Waals surface area contributed by atoms with Crippen LogP contribution in [0.4, 0.5) is 4.79 Å². The Hall–Kier alpha value is -2.05. The number of urea groups is 1. The number of carbonyl (C=O) groups is 2. The lowest BCUT2D eigenvalue weighted by molar-refractivity contribution is -0.127. The van der Waals surface area contributed by atoms with Crippen molar-refractivity contribution < 1.29 is 9.59 Å². The summed E-state index contributed by atoms with van der Waals surface area (Å²) in [5.41, 5.74) is 0. The first-order valence-electron chi connectivity index (χ1n) is 8.20. The van der Waals surface area contributed by atoms with Crippen LogP contribution in [0, 0.1) is 11.8 Å². The first kappa shape index (κ1) is 15.8. The number of likely N-dealkylation sites (N-methyl/N-ethyl adjacent to an activating group) is 1. The van der Waals surface area contributed by atoms with Gasteiger partial charge in [0.15, 0.2) is 18.2 Å². The molecule has 0 radical (unpaired) electrons. The molecule has 0 aromatic heterocycles. The van der Waals surface area contributed by atoms with E-state index in [0.29, 0.717) is 18.4 Å². The lowest BCUT2D eigenvalue weighted by Gasteiger charge is -2.40. The number of guanidine groups is 1. The van der Waals surface area contributed by atoms with Crippen LogP contribution in [0.2, 0.25) is 0 Å². The summed E-state index contributed by atoms with van der Waals surface area (Å²) in [5, 5.41) is 2.41. The number of nitrogens with zero attached hydrogens (tertiary/aromatic N) is 4. The van der Waals surface area contributed by atoms with Gasteiger partial charge in [0.1, 0.15) is 0 Å². The fourth-order valence-electron chi connectivity index (χ4n) is 3.94. The van der Waals surface area contributed by atoms with Crippen LogP contribution in [0.15, 0.2) is 17.6 Å². The maximum atomic E-state index is 12.3. The van der Waals surface area contributed by atoms with Crippen LogP contribution in [0.5, 0.6) is 0 Å². The summed E-state index contributed by atoms with van der Waals surface area (Å²) in [6.45, 7) is 10.7. The van der Waals surface area contributed by atoms with Gasteiger partial charge in [-0.15, -0.1) is 6.58 Å². The van der Waals surface area contributed by atoms with Crippen molar-refractivity contribution >= 4 is 17.9 Å². The molecule has 2 fully saturated rings. The summed E-state index contributed by atoms with van der Waals surface area (Å²) in [7, 11) is 1.68. The van der Waals surface area contributed by atoms with Gasteiger partial charge in [0.05, 0.1) is 0 Å². The topological polar surface area (TPSA) is 68.2 Å². The van der Waals surface area contributed by atoms with Crippen LogP contribution >= 0.6 is 0 Å². The van der Waals surface area contributed by atoms with Crippen molar-refractivity contribution in [1.29, 1.82) is 0 Å². The van der Waals surface area contributed by atoms with E-state index in [1.807, 2.05) is 4.90 Å². The summed E-state index contributed by atoms with van der Waals surface area (Å²) >= 11 is 0. The smallest absolute Gasteiger partial charge is 0.325 e. The van der Waals surface area contributed by atoms with Crippen molar-refractivity contribution in [3.63, 3.8) is 0 Å². The van der Waals surface area contributed by atoms with E-state index in [2.05, 4.69) is 30.6 Å². The molecule has 3 heterocycles. The summed E-state index contributed by atoms with van der Waals surface area (Å²) in [6, 6.07) is -0.863. The molecule has 0 aliphatic carbocycles. The number of carbonyl (C=O) groups excluding carboxylic acids is 2. The molecule has 0 aromatic carbocycles. The fourth-order valence-corrected chi connectivity index (χ4v) is 3.94. The molecule has 2 saturated heterocycles. The molecular formula is C16H25N5O2. The van der Waals surface area contributed by atoms with Gasteiger partial charge < -0.3 is 14.7 Å². The SMILES string of the molecule is C=CCN1C(N2CC(C)CC(C)C2)=NC2C1C(=O)NC(=O)N2C. The quantitative estimate of drug-likeness (QED) is 0.761. The zero-order chi connectivity index (χ0) is 16.7. The van der Waals surface area contributed by atoms with Crippen molar-refractivity contribution in [1.82, 2.24) is 20.0 Å². The highest BCUT2D eigenvalue weighted by Crippen LogP contribution is 2.29. The number of hydrogen-bond donors (Lipinski definition) is 1. The number of hydrogen-bond acceptors (Lipinski definition) is 5. The number of imide groups is 1. The summed E-state index contributed by atoms with van der Waals surface area (Å²) in [4.78, 5) is 34.7. The number of piperidine rings is 1. The van der Waals surface area contributed by atoms with Gasteiger partial charge in [-0.1, -0.05) is 19.9 Å². The minimum absolute atomic E-state index is 0.281. The van der Waals surface area contributed by atoms with Crippen LogP contribution < -0.4 is 5.32 Å². The number of likely N-dealkylation sites (tertiary alicyclic amines) is 1. The van der Waals surface area contributed by atoms with Gasteiger partial charge in [-0.3, -0.25) is 10.1 Å². The largest absolute Gasteiger partial charge is 0.342 e. The number of aliphatic imine (C=N–C) groups is 1. The van der Waals surface area contributed by atoms with E-state index in [4.69, 9.17) is 4.99 Å². The summed E-state index contributed by atoms with van der Waals surface area (Å²) < 4.78 is 0. The van der Waals surface area contributed by atoms with E-state index < -0.39 is 12.2 Å². The zero-order valence-corrected chi connectivity index (χ0v) is 14.0. The fraction of sp³-hybridized carbons (Fsp3) is 0.688. The first-order valence-corrected chi connectivity index (χ1v) is 8.20. The maximum absolute atomic E-state index is 12.3. The Balaban J connectivity index is 1.92. The Morgan fingerprint density at radius 3 is 2.57 bits per heavy atom. The van der Waals surface area contributed by atoms with Gasteiger partial charge >= 0.3 is 6.03 Å². The second-order valence-corrected chi connectivity index (χ2v) is 6.98. The molecule has 4 atom stereocenters. The molecule has 0 saturated carbocycles. The van der Waals surface area contributed by atoms with Gasteiger partial charge in [-0.05, 0) is 18.3 Å². The minimum Gasteiger partial charge on any atom is -0.342 e. The van der Waals surface area contributed by atoms with Gasteiger partial charge in [0, 0.05) is 26.7 Å². The normalized spacial score (nSPS) is 34.2. The van der Waals surface area contributed by atoms with Crippen molar-refractivity contribution in [2.24, 2.45) is 16.8 Å². The average Bonchev–Trinajstić information content (AvgIpc) is 2.84. The number of nitrogens with one attached hydrogen (secondary N) is 1. The molecule has 3 aliphatic heterocycles. The van der Waals surface area contributed by atoms with E-state index in [9.17, 15) is 9.59 Å². The molecule has 126 valence electrons. The number of fused-ring (bicyclic) bond motifs is 1. The second kappa shape index (κ2) is 5.86. The highest BCUT2D eigenvalue weighted by molar-refractivity contribution is 6.03. The van der Waals surface area contributed by atoms with Crippen molar-refractivity contribution in [2.75, 3.05) is 26.7 Å². The highest BCUT2D eigenvalue weighted by Gasteiger charge is 2.49. The molecule has 3 aliphatic rings. The van der Waals surface area contributed by atoms with Crippen LogP contribution in [0.1, 0.15) is 20.3 Å². The number of rotatable bonds is 2. The van der Waals surface area contributed by atoms with Crippen molar-refractivity contribution in [3.8, 4) is 0 Å². The monoisotopic (exact) mass is 319 g/mol. The van der Waals surface area contributed by atoms with E-state index in [1.165, 1.54) is 11.3 Å². The van der Waals surface area contributed by atoms with E-state index in [0.717, 1.165) is 19.0 Å². The third-order valence-electron chi connectivity index (χ3n) is 4.82. The molecule has 3 rings (SSSR count).